The molecule has 1 amide bonds. The van der Waals surface area contributed by atoms with Gasteiger partial charge in [0.05, 0.1) is 28.7 Å². The molecule has 2 aromatic carbocycles. The Balaban J connectivity index is 1.65. The molecule has 0 spiro atoms. The van der Waals surface area contributed by atoms with Crippen LogP contribution in [-0.4, -0.2) is 37.8 Å². The number of H-pyrrole nitrogens is 1. The van der Waals surface area contributed by atoms with Gasteiger partial charge in [0, 0.05) is 30.2 Å². The number of aromatic amines is 1. The van der Waals surface area contributed by atoms with Gasteiger partial charge in [-0.05, 0) is 38.5 Å². The summed E-state index contributed by atoms with van der Waals surface area (Å²) in [7, 11) is 1.82. The molecule has 28 heavy (non-hydrogen) atoms. The number of nitrogens with zero attached hydrogens (tertiary/aromatic N) is 4. The Morgan fingerprint density at radius 3 is 2.68 bits per heavy atom. The van der Waals surface area contributed by atoms with E-state index < -0.39 is 0 Å². The van der Waals surface area contributed by atoms with E-state index in [0.29, 0.717) is 12.1 Å². The molecule has 2 aromatic heterocycles. The highest BCUT2D eigenvalue weighted by Crippen LogP contribution is 2.23. The minimum absolute atomic E-state index is 0.0442. The summed E-state index contributed by atoms with van der Waals surface area (Å²) in [4.78, 5) is 14.8. The zero-order chi connectivity index (χ0) is 19.8. The third-order valence-corrected chi connectivity index (χ3v) is 5.23. The number of rotatable bonds is 4. The first kappa shape index (κ1) is 18.0. The fraction of sp³-hybridized carbons (Fsp3) is 0.227. The summed E-state index contributed by atoms with van der Waals surface area (Å²) in [6.45, 7) is 6.61. The molecular formula is C22H23N5O. The lowest BCUT2D eigenvalue weighted by Gasteiger charge is -2.18. The van der Waals surface area contributed by atoms with Crippen molar-refractivity contribution in [3.63, 3.8) is 0 Å². The van der Waals surface area contributed by atoms with E-state index in [1.807, 2.05) is 49.0 Å². The van der Waals surface area contributed by atoms with Gasteiger partial charge in [0.2, 0.25) is 0 Å². The second-order valence-electron chi connectivity index (χ2n) is 7.15. The lowest BCUT2D eigenvalue weighted by Crippen LogP contribution is -2.27. The normalized spacial score (nSPS) is 11.1. The van der Waals surface area contributed by atoms with Gasteiger partial charge in [-0.2, -0.15) is 10.2 Å². The van der Waals surface area contributed by atoms with Gasteiger partial charge in [0.25, 0.3) is 5.91 Å². The first-order chi connectivity index (χ1) is 13.5. The monoisotopic (exact) mass is 373 g/mol. The van der Waals surface area contributed by atoms with Gasteiger partial charge in [-0.3, -0.25) is 9.89 Å². The number of fused-ring (bicyclic) bond motifs is 1. The maximum Gasteiger partial charge on any atom is 0.256 e. The number of aromatic nitrogens is 4. The number of hydrogen-bond acceptors (Lipinski definition) is 3. The van der Waals surface area contributed by atoms with Crippen molar-refractivity contribution in [2.24, 2.45) is 0 Å². The zero-order valence-electron chi connectivity index (χ0n) is 16.5. The van der Waals surface area contributed by atoms with Crippen molar-refractivity contribution in [1.82, 2.24) is 24.9 Å². The van der Waals surface area contributed by atoms with Gasteiger partial charge < -0.3 is 4.90 Å². The van der Waals surface area contributed by atoms with Gasteiger partial charge in [0.1, 0.15) is 0 Å². The summed E-state index contributed by atoms with van der Waals surface area (Å²) < 4.78 is 1.97. The average Bonchev–Trinajstić information content (AvgIpc) is 3.27. The molecule has 6 heteroatoms. The third kappa shape index (κ3) is 2.97. The predicted octanol–water partition coefficient (Wildman–Crippen LogP) is 3.95. The van der Waals surface area contributed by atoms with Crippen molar-refractivity contribution in [2.75, 3.05) is 7.05 Å². The Hall–Kier alpha value is -3.41. The molecule has 0 saturated carbocycles. The van der Waals surface area contributed by atoms with Crippen LogP contribution in [0.25, 0.3) is 16.6 Å². The Labute approximate surface area is 163 Å². The van der Waals surface area contributed by atoms with Gasteiger partial charge >= 0.3 is 0 Å². The van der Waals surface area contributed by atoms with Crippen LogP contribution < -0.4 is 0 Å². The van der Waals surface area contributed by atoms with Crippen molar-refractivity contribution in [3.8, 4) is 5.69 Å². The number of hydrogen-bond donors (Lipinski definition) is 1. The molecule has 1 N–H and O–H groups in total. The van der Waals surface area contributed by atoms with Crippen LogP contribution in [0.3, 0.4) is 0 Å². The standard InChI is InChI=1S/C22H23N5O/c1-14-8-5-6-11-20(14)27-16(3)19(15(2)25-27)13-26(4)22(28)18-10-7-9-17-12-23-24-21(17)18/h5-12H,13H2,1-4H3,(H,23,24). The molecular weight excluding hydrogens is 350 g/mol. The number of nitrogens with one attached hydrogen (secondary N) is 1. The van der Waals surface area contributed by atoms with Crippen molar-refractivity contribution in [3.05, 3.63) is 76.7 Å². The van der Waals surface area contributed by atoms with Crippen LogP contribution in [0.2, 0.25) is 0 Å². The molecule has 0 bridgehead atoms. The van der Waals surface area contributed by atoms with E-state index in [1.165, 1.54) is 0 Å². The van der Waals surface area contributed by atoms with E-state index in [4.69, 9.17) is 5.10 Å². The molecule has 2 heterocycles. The smallest absolute Gasteiger partial charge is 0.256 e. The van der Waals surface area contributed by atoms with Crippen LogP contribution in [-0.2, 0) is 6.54 Å². The average molecular weight is 373 g/mol. The topological polar surface area (TPSA) is 66.8 Å². The van der Waals surface area contributed by atoms with E-state index in [2.05, 4.69) is 36.2 Å². The summed E-state index contributed by atoms with van der Waals surface area (Å²) >= 11 is 0. The number of carbonyl (C=O) groups excluding carboxylic acids is 1. The Kier molecular flexibility index (Phi) is 4.47. The zero-order valence-corrected chi connectivity index (χ0v) is 16.5. The Morgan fingerprint density at radius 1 is 1.11 bits per heavy atom. The minimum atomic E-state index is -0.0442. The Bertz CT molecular complexity index is 1170. The SMILES string of the molecule is Cc1ccccc1-n1nc(C)c(CN(C)C(=O)c2cccc3cn[nH]c23)c1C. The van der Waals surface area contributed by atoms with Crippen LogP contribution in [0, 0.1) is 20.8 Å². The molecule has 0 atom stereocenters. The predicted molar refractivity (Wildman–Crippen MR) is 110 cm³/mol. The van der Waals surface area contributed by atoms with Crippen LogP contribution in [0.1, 0.15) is 32.9 Å². The van der Waals surface area contributed by atoms with E-state index >= 15 is 0 Å². The van der Waals surface area contributed by atoms with Crippen molar-refractivity contribution in [1.29, 1.82) is 0 Å². The highest BCUT2D eigenvalue weighted by Gasteiger charge is 2.20. The first-order valence-corrected chi connectivity index (χ1v) is 9.26. The van der Waals surface area contributed by atoms with Crippen LogP contribution in [0.4, 0.5) is 0 Å². The molecule has 0 unspecified atom stereocenters. The molecule has 0 saturated heterocycles. The van der Waals surface area contributed by atoms with E-state index in [9.17, 15) is 4.79 Å². The third-order valence-electron chi connectivity index (χ3n) is 5.23. The Morgan fingerprint density at radius 2 is 1.89 bits per heavy atom. The lowest BCUT2D eigenvalue weighted by molar-refractivity contribution is 0.0786. The van der Waals surface area contributed by atoms with Crippen molar-refractivity contribution < 1.29 is 4.79 Å². The second-order valence-corrected chi connectivity index (χ2v) is 7.15. The minimum Gasteiger partial charge on any atom is -0.337 e. The highest BCUT2D eigenvalue weighted by molar-refractivity contribution is 6.05. The summed E-state index contributed by atoms with van der Waals surface area (Å²) in [6.07, 6.45) is 1.73. The number of benzene rings is 2. The number of carbonyl (C=O) groups is 1. The highest BCUT2D eigenvalue weighted by atomic mass is 16.2. The first-order valence-electron chi connectivity index (χ1n) is 9.26. The molecule has 6 nitrogen and oxygen atoms in total. The van der Waals surface area contributed by atoms with Crippen LogP contribution in [0.15, 0.2) is 48.7 Å². The summed E-state index contributed by atoms with van der Waals surface area (Å²) in [6, 6.07) is 13.8. The molecule has 4 aromatic rings. The number of amides is 1. The molecule has 0 aliphatic carbocycles. The summed E-state index contributed by atoms with van der Waals surface area (Å²) in [5.41, 5.74) is 6.66. The van der Waals surface area contributed by atoms with E-state index in [0.717, 1.165) is 39.1 Å². The van der Waals surface area contributed by atoms with Gasteiger partial charge in [-0.15, -0.1) is 0 Å². The molecule has 0 radical (unpaired) electrons. The largest absolute Gasteiger partial charge is 0.337 e. The quantitative estimate of drug-likeness (QED) is 0.589. The van der Waals surface area contributed by atoms with Crippen molar-refractivity contribution in [2.45, 2.75) is 27.3 Å². The van der Waals surface area contributed by atoms with Gasteiger partial charge in [-0.25, -0.2) is 4.68 Å². The molecule has 0 fully saturated rings. The second kappa shape index (κ2) is 6.96. The fourth-order valence-electron chi connectivity index (χ4n) is 3.60. The van der Waals surface area contributed by atoms with Crippen molar-refractivity contribution >= 4 is 16.8 Å². The number of para-hydroxylation sites is 2. The number of aryl methyl sites for hydroxylation is 2. The molecule has 4 rings (SSSR count). The summed E-state index contributed by atoms with van der Waals surface area (Å²) in [5, 5.41) is 12.6. The maximum atomic E-state index is 13.1. The molecule has 0 aliphatic rings. The van der Waals surface area contributed by atoms with Gasteiger partial charge in [-0.1, -0.05) is 30.3 Å². The van der Waals surface area contributed by atoms with Gasteiger partial charge in [0.15, 0.2) is 0 Å². The molecule has 142 valence electrons. The van der Waals surface area contributed by atoms with E-state index in [1.54, 1.807) is 11.1 Å². The molecule has 0 aliphatic heterocycles. The fourth-order valence-corrected chi connectivity index (χ4v) is 3.60. The maximum absolute atomic E-state index is 13.1. The van der Waals surface area contributed by atoms with Crippen LogP contribution >= 0.6 is 0 Å². The summed E-state index contributed by atoms with van der Waals surface area (Å²) in [5.74, 6) is -0.0442. The lowest BCUT2D eigenvalue weighted by atomic mass is 10.1. The van der Waals surface area contributed by atoms with E-state index in [-0.39, 0.29) is 5.91 Å². The van der Waals surface area contributed by atoms with Crippen LogP contribution in [0.5, 0.6) is 0 Å².